The minimum absolute atomic E-state index is 0. The standard InChI is InChI=1S/C10H7.C6H5.2CH3.Ni/c1-2-6-10-8-4-3-7-9(10)5-1;1-2-4-6-5-3-1;;;/h1-3,5-8H;1-5H;2*1H3;/q4*-1;. The van der Waals surface area contributed by atoms with Crippen LogP contribution in [0.15, 0.2) is 72.8 Å². The molecule has 1 heteroatoms. The molecule has 0 aromatic heterocycles. The van der Waals surface area contributed by atoms with E-state index in [1.165, 1.54) is 10.8 Å². The van der Waals surface area contributed by atoms with Gasteiger partial charge in [-0.15, -0.1) is 16.8 Å². The van der Waals surface area contributed by atoms with Crippen molar-refractivity contribution in [3.63, 3.8) is 0 Å². The third kappa shape index (κ3) is 6.79. The molecule has 3 aromatic carbocycles. The van der Waals surface area contributed by atoms with Crippen molar-refractivity contribution in [2.45, 2.75) is 0 Å². The van der Waals surface area contributed by atoms with Crippen LogP contribution in [-0.2, 0) is 16.5 Å². The maximum absolute atomic E-state index is 3.04. The van der Waals surface area contributed by atoms with E-state index in [2.05, 4.69) is 30.3 Å². The van der Waals surface area contributed by atoms with Gasteiger partial charge in [-0.1, -0.05) is 18.2 Å². The number of benzene rings is 3. The number of hydrogen-bond donors (Lipinski definition) is 0. The normalized spacial score (nSPS) is 7.79. The molecule has 0 aliphatic heterocycles. The van der Waals surface area contributed by atoms with Gasteiger partial charge in [0.2, 0.25) is 0 Å². The van der Waals surface area contributed by atoms with Crippen molar-refractivity contribution in [1.29, 1.82) is 0 Å². The molecule has 3 rings (SSSR count). The zero-order valence-electron chi connectivity index (χ0n) is 11.2. The second-order valence-electron chi connectivity index (χ2n) is 3.35. The fourth-order valence-electron chi connectivity index (χ4n) is 1.41. The van der Waals surface area contributed by atoms with Crippen LogP contribution in [0.1, 0.15) is 0 Å². The molecule has 0 saturated heterocycles. The zero-order valence-corrected chi connectivity index (χ0v) is 12.2. The summed E-state index contributed by atoms with van der Waals surface area (Å²) in [4.78, 5) is 0. The molecule has 0 bridgehead atoms. The topological polar surface area (TPSA) is 0 Å². The fraction of sp³-hybridized carbons (Fsp3) is 0. The van der Waals surface area contributed by atoms with Crippen LogP contribution in [0, 0.1) is 27.0 Å². The van der Waals surface area contributed by atoms with E-state index in [-0.39, 0.29) is 31.3 Å². The van der Waals surface area contributed by atoms with Crippen LogP contribution in [0.25, 0.3) is 10.8 Å². The van der Waals surface area contributed by atoms with Gasteiger partial charge in [0, 0.05) is 16.5 Å². The molecule has 19 heavy (non-hydrogen) atoms. The Balaban J connectivity index is 0. The van der Waals surface area contributed by atoms with E-state index < -0.39 is 0 Å². The van der Waals surface area contributed by atoms with E-state index >= 15 is 0 Å². The summed E-state index contributed by atoms with van der Waals surface area (Å²) in [5.74, 6) is 0. The molecule has 0 nitrogen and oxygen atoms in total. The Morgan fingerprint density at radius 2 is 1.21 bits per heavy atom. The molecule has 0 amide bonds. The second-order valence-corrected chi connectivity index (χ2v) is 3.35. The first-order chi connectivity index (χ1) is 7.97. The predicted molar refractivity (Wildman–Crippen MR) is 80.9 cm³/mol. The number of rotatable bonds is 0. The summed E-state index contributed by atoms with van der Waals surface area (Å²) in [7, 11) is 0. The molecule has 0 aliphatic rings. The number of hydrogen-bond acceptors (Lipinski definition) is 0. The summed E-state index contributed by atoms with van der Waals surface area (Å²) in [6.45, 7) is 0. The fourth-order valence-corrected chi connectivity index (χ4v) is 1.41. The van der Waals surface area contributed by atoms with Gasteiger partial charge in [-0.2, -0.15) is 60.7 Å². The second kappa shape index (κ2) is 11.5. The van der Waals surface area contributed by atoms with Gasteiger partial charge >= 0.3 is 0 Å². The molecular weight excluding hydrogens is 275 g/mol. The van der Waals surface area contributed by atoms with Crippen molar-refractivity contribution < 1.29 is 16.5 Å². The first kappa shape index (κ1) is 19.7. The van der Waals surface area contributed by atoms with E-state index in [0.717, 1.165) is 0 Å². The molecule has 0 aliphatic carbocycles. The van der Waals surface area contributed by atoms with Crippen LogP contribution < -0.4 is 0 Å². The summed E-state index contributed by atoms with van der Waals surface area (Å²) < 4.78 is 0. The van der Waals surface area contributed by atoms with Crippen molar-refractivity contribution in [3.05, 3.63) is 99.8 Å². The van der Waals surface area contributed by atoms with Gasteiger partial charge in [-0.25, -0.2) is 0 Å². The molecular formula is C18H18Ni-4. The SMILES string of the molecule is [CH3-].[CH3-].[Ni].[c-]1ccc2ccccc2c1.[c-]1ccccc1. The maximum Gasteiger partial charge on any atom is 0 e. The molecule has 0 heterocycles. The zero-order chi connectivity index (χ0) is 11.1. The Hall–Kier alpha value is -1.59. The average Bonchev–Trinajstić information content (AvgIpc) is 2.42. The van der Waals surface area contributed by atoms with E-state index in [9.17, 15) is 0 Å². The maximum atomic E-state index is 3.04. The van der Waals surface area contributed by atoms with Crippen molar-refractivity contribution in [2.75, 3.05) is 0 Å². The van der Waals surface area contributed by atoms with E-state index in [0.29, 0.717) is 0 Å². The molecule has 104 valence electrons. The summed E-state index contributed by atoms with van der Waals surface area (Å²) in [5, 5.41) is 2.53. The summed E-state index contributed by atoms with van der Waals surface area (Å²) >= 11 is 0. The predicted octanol–water partition coefficient (Wildman–Crippen LogP) is 5.02. The summed E-state index contributed by atoms with van der Waals surface area (Å²) in [6.07, 6.45) is 0. The third-order valence-corrected chi connectivity index (χ3v) is 2.20. The minimum atomic E-state index is 0. The van der Waals surface area contributed by atoms with Crippen LogP contribution in [0.2, 0.25) is 0 Å². The molecule has 3 aromatic rings. The average molecular weight is 293 g/mol. The van der Waals surface area contributed by atoms with Crippen LogP contribution in [-0.4, -0.2) is 0 Å². The van der Waals surface area contributed by atoms with Gasteiger partial charge in [-0.05, 0) is 0 Å². The minimum Gasteiger partial charge on any atom is -0.358 e. The van der Waals surface area contributed by atoms with Crippen molar-refractivity contribution in [2.24, 2.45) is 0 Å². The van der Waals surface area contributed by atoms with Crippen LogP contribution in [0.3, 0.4) is 0 Å². The van der Waals surface area contributed by atoms with Gasteiger partial charge in [0.15, 0.2) is 0 Å². The van der Waals surface area contributed by atoms with Gasteiger partial charge in [-0.3, -0.25) is 0 Å². The van der Waals surface area contributed by atoms with Crippen LogP contribution >= 0.6 is 0 Å². The van der Waals surface area contributed by atoms with Crippen molar-refractivity contribution in [1.82, 2.24) is 0 Å². The molecule has 0 spiro atoms. The Morgan fingerprint density at radius 1 is 0.579 bits per heavy atom. The molecule has 0 unspecified atom stereocenters. The smallest absolute Gasteiger partial charge is 0 e. The van der Waals surface area contributed by atoms with Crippen LogP contribution in [0.4, 0.5) is 0 Å². The molecule has 0 N–H and O–H groups in total. The Kier molecular flexibility index (Phi) is 12.0. The first-order valence-corrected chi connectivity index (χ1v) is 5.23. The Morgan fingerprint density at radius 3 is 1.68 bits per heavy atom. The van der Waals surface area contributed by atoms with Crippen molar-refractivity contribution in [3.8, 4) is 0 Å². The first-order valence-electron chi connectivity index (χ1n) is 5.23. The largest absolute Gasteiger partial charge is 0.358 e. The Bertz CT molecular complexity index is 440. The van der Waals surface area contributed by atoms with Gasteiger partial charge in [0.05, 0.1) is 0 Å². The quantitative estimate of drug-likeness (QED) is 0.403. The summed E-state index contributed by atoms with van der Waals surface area (Å²) in [5.41, 5.74) is 0. The Labute approximate surface area is 127 Å². The molecule has 0 atom stereocenters. The van der Waals surface area contributed by atoms with E-state index in [4.69, 9.17) is 0 Å². The summed E-state index contributed by atoms with van der Waals surface area (Å²) in [6, 6.07) is 29.8. The van der Waals surface area contributed by atoms with E-state index in [1.54, 1.807) is 0 Å². The third-order valence-electron chi connectivity index (χ3n) is 2.20. The molecule has 0 fully saturated rings. The van der Waals surface area contributed by atoms with Gasteiger partial charge < -0.3 is 14.9 Å². The molecule has 0 saturated carbocycles. The monoisotopic (exact) mass is 292 g/mol. The van der Waals surface area contributed by atoms with Gasteiger partial charge in [0.1, 0.15) is 0 Å². The van der Waals surface area contributed by atoms with Crippen LogP contribution in [0.5, 0.6) is 0 Å². The van der Waals surface area contributed by atoms with Gasteiger partial charge in [0.25, 0.3) is 0 Å². The molecule has 0 radical (unpaired) electrons. The number of fused-ring (bicyclic) bond motifs is 1. The van der Waals surface area contributed by atoms with Crippen molar-refractivity contribution >= 4 is 10.8 Å². The van der Waals surface area contributed by atoms with E-state index in [1.807, 2.05) is 54.6 Å².